The normalized spacial score (nSPS) is 12.1. The highest BCUT2D eigenvalue weighted by Crippen LogP contribution is 2.16. The number of ether oxygens (including phenoxy) is 1. The Kier molecular flexibility index (Phi) is 5.73. The first-order valence-electron chi connectivity index (χ1n) is 7.92. The van der Waals surface area contributed by atoms with E-state index in [9.17, 15) is 9.59 Å². The Balaban J connectivity index is 2.18. The van der Waals surface area contributed by atoms with Crippen LogP contribution in [-0.2, 0) is 27.3 Å². The average Bonchev–Trinajstić information content (AvgIpc) is 2.91. The standard InChI is InChI=1S/C17H23N3O3/c1-4-8-13(17(22)23-3)19-16(21)11-20-14-10-7-6-9-12(14)18-15(20)5-2/h6-7,9-10,13H,4-5,8,11H2,1-3H3,(H,19,21)/t13-/m0/s1. The van der Waals surface area contributed by atoms with Crippen LogP contribution >= 0.6 is 0 Å². The van der Waals surface area contributed by atoms with Gasteiger partial charge in [-0.05, 0) is 18.6 Å². The molecule has 0 bridgehead atoms. The Morgan fingerprint density at radius 3 is 2.70 bits per heavy atom. The van der Waals surface area contributed by atoms with Gasteiger partial charge in [-0.3, -0.25) is 4.79 Å². The number of benzene rings is 1. The molecular formula is C17H23N3O3. The van der Waals surface area contributed by atoms with Gasteiger partial charge in [-0.25, -0.2) is 9.78 Å². The number of methoxy groups -OCH3 is 1. The molecule has 1 aromatic carbocycles. The van der Waals surface area contributed by atoms with Crippen molar-refractivity contribution < 1.29 is 14.3 Å². The van der Waals surface area contributed by atoms with Gasteiger partial charge in [0, 0.05) is 6.42 Å². The van der Waals surface area contributed by atoms with Gasteiger partial charge in [-0.2, -0.15) is 0 Å². The zero-order valence-electron chi connectivity index (χ0n) is 13.8. The Labute approximate surface area is 135 Å². The SMILES string of the molecule is CCC[C@H](NC(=O)Cn1c(CC)nc2ccccc21)C(=O)OC. The van der Waals surface area contributed by atoms with Crippen LogP contribution in [0.25, 0.3) is 11.0 Å². The van der Waals surface area contributed by atoms with Crippen molar-refractivity contribution in [2.24, 2.45) is 0 Å². The van der Waals surface area contributed by atoms with Gasteiger partial charge in [0.25, 0.3) is 0 Å². The number of rotatable bonds is 7. The van der Waals surface area contributed by atoms with E-state index in [0.29, 0.717) is 6.42 Å². The van der Waals surface area contributed by atoms with Gasteiger partial charge in [0.15, 0.2) is 0 Å². The second-order valence-electron chi connectivity index (χ2n) is 5.39. The number of carbonyl (C=O) groups is 2. The van der Waals surface area contributed by atoms with Gasteiger partial charge in [0.2, 0.25) is 5.91 Å². The third kappa shape index (κ3) is 3.88. The summed E-state index contributed by atoms with van der Waals surface area (Å²) in [5.41, 5.74) is 1.79. The van der Waals surface area contributed by atoms with Crippen molar-refractivity contribution in [3.8, 4) is 0 Å². The number of nitrogens with one attached hydrogen (secondary N) is 1. The molecule has 1 N–H and O–H groups in total. The molecule has 1 amide bonds. The van der Waals surface area contributed by atoms with Crippen LogP contribution < -0.4 is 5.32 Å². The van der Waals surface area contributed by atoms with E-state index in [0.717, 1.165) is 29.7 Å². The molecule has 1 aromatic heterocycles. The number of aromatic nitrogens is 2. The Bertz CT molecular complexity index is 693. The molecule has 0 unspecified atom stereocenters. The number of nitrogens with zero attached hydrogens (tertiary/aromatic N) is 2. The molecule has 2 aromatic rings. The largest absolute Gasteiger partial charge is 0.467 e. The Morgan fingerprint density at radius 1 is 1.30 bits per heavy atom. The van der Waals surface area contributed by atoms with E-state index in [-0.39, 0.29) is 12.5 Å². The minimum absolute atomic E-state index is 0.140. The van der Waals surface area contributed by atoms with Gasteiger partial charge in [-0.15, -0.1) is 0 Å². The number of esters is 1. The number of fused-ring (bicyclic) bond motifs is 1. The number of para-hydroxylation sites is 2. The van der Waals surface area contributed by atoms with E-state index in [1.165, 1.54) is 7.11 Å². The lowest BCUT2D eigenvalue weighted by Gasteiger charge is -2.16. The summed E-state index contributed by atoms with van der Waals surface area (Å²) in [6, 6.07) is 7.12. The van der Waals surface area contributed by atoms with E-state index in [2.05, 4.69) is 10.3 Å². The van der Waals surface area contributed by atoms with Gasteiger partial charge in [0.05, 0.1) is 18.1 Å². The first-order valence-corrected chi connectivity index (χ1v) is 7.92. The molecule has 0 spiro atoms. The van der Waals surface area contributed by atoms with Gasteiger partial charge in [0.1, 0.15) is 18.4 Å². The van der Waals surface area contributed by atoms with Crippen molar-refractivity contribution in [2.75, 3.05) is 7.11 Å². The highest BCUT2D eigenvalue weighted by molar-refractivity contribution is 5.85. The molecule has 0 aliphatic carbocycles. The fourth-order valence-electron chi connectivity index (χ4n) is 2.64. The molecule has 1 atom stereocenters. The second-order valence-corrected chi connectivity index (χ2v) is 5.39. The molecule has 2 rings (SSSR count). The maximum atomic E-state index is 12.4. The number of hydrogen-bond donors (Lipinski definition) is 1. The third-order valence-corrected chi connectivity index (χ3v) is 3.75. The van der Waals surface area contributed by atoms with Crippen LogP contribution in [0.15, 0.2) is 24.3 Å². The Morgan fingerprint density at radius 2 is 2.04 bits per heavy atom. The molecule has 124 valence electrons. The first-order chi connectivity index (χ1) is 11.1. The fraction of sp³-hybridized carbons (Fsp3) is 0.471. The Hall–Kier alpha value is -2.37. The third-order valence-electron chi connectivity index (χ3n) is 3.75. The summed E-state index contributed by atoms with van der Waals surface area (Å²) in [7, 11) is 1.33. The van der Waals surface area contributed by atoms with Crippen LogP contribution in [0.2, 0.25) is 0 Å². The lowest BCUT2D eigenvalue weighted by Crippen LogP contribution is -2.43. The van der Waals surface area contributed by atoms with Crippen molar-refractivity contribution in [3.63, 3.8) is 0 Å². The number of imidazole rings is 1. The highest BCUT2D eigenvalue weighted by atomic mass is 16.5. The lowest BCUT2D eigenvalue weighted by molar-refractivity contribution is -0.145. The monoisotopic (exact) mass is 317 g/mol. The maximum absolute atomic E-state index is 12.4. The van der Waals surface area contributed by atoms with Gasteiger partial charge >= 0.3 is 5.97 Å². The summed E-state index contributed by atoms with van der Waals surface area (Å²) in [5, 5.41) is 2.76. The molecule has 23 heavy (non-hydrogen) atoms. The minimum atomic E-state index is -0.600. The van der Waals surface area contributed by atoms with Crippen LogP contribution in [0.3, 0.4) is 0 Å². The van der Waals surface area contributed by atoms with Gasteiger partial charge in [-0.1, -0.05) is 32.4 Å². The van der Waals surface area contributed by atoms with Crippen molar-refractivity contribution >= 4 is 22.9 Å². The molecule has 0 radical (unpaired) electrons. The summed E-state index contributed by atoms with van der Waals surface area (Å²) in [6.45, 7) is 4.10. The molecule has 0 aliphatic heterocycles. The van der Waals surface area contributed by atoms with Gasteiger partial charge < -0.3 is 14.6 Å². The summed E-state index contributed by atoms with van der Waals surface area (Å²) in [6.07, 6.45) is 2.08. The van der Waals surface area contributed by atoms with Crippen molar-refractivity contribution in [2.45, 2.75) is 45.7 Å². The van der Waals surface area contributed by atoms with Crippen molar-refractivity contribution in [1.29, 1.82) is 0 Å². The fourth-order valence-corrected chi connectivity index (χ4v) is 2.64. The quantitative estimate of drug-likeness (QED) is 0.793. The van der Waals surface area contributed by atoms with E-state index < -0.39 is 12.0 Å². The first kappa shape index (κ1) is 17.0. The van der Waals surface area contributed by atoms with E-state index in [4.69, 9.17) is 4.74 Å². The van der Waals surface area contributed by atoms with Crippen LogP contribution in [0.1, 0.15) is 32.5 Å². The summed E-state index contributed by atoms with van der Waals surface area (Å²) in [5.74, 6) is 0.226. The van der Waals surface area contributed by atoms with Crippen LogP contribution in [0, 0.1) is 0 Å². The van der Waals surface area contributed by atoms with Crippen molar-refractivity contribution in [3.05, 3.63) is 30.1 Å². The smallest absolute Gasteiger partial charge is 0.328 e. The topological polar surface area (TPSA) is 73.2 Å². The predicted molar refractivity (Wildman–Crippen MR) is 88.0 cm³/mol. The van der Waals surface area contributed by atoms with Crippen LogP contribution in [-0.4, -0.2) is 34.6 Å². The predicted octanol–water partition coefficient (Wildman–Crippen LogP) is 2.06. The molecular weight excluding hydrogens is 294 g/mol. The second kappa shape index (κ2) is 7.76. The number of carbonyl (C=O) groups excluding carboxylic acids is 2. The molecule has 6 nitrogen and oxygen atoms in total. The summed E-state index contributed by atoms with van der Waals surface area (Å²) >= 11 is 0. The molecule has 0 aliphatic rings. The zero-order valence-corrected chi connectivity index (χ0v) is 13.8. The maximum Gasteiger partial charge on any atom is 0.328 e. The number of hydrogen-bond acceptors (Lipinski definition) is 4. The molecule has 6 heteroatoms. The van der Waals surface area contributed by atoms with Crippen molar-refractivity contribution in [1.82, 2.24) is 14.9 Å². The minimum Gasteiger partial charge on any atom is -0.467 e. The highest BCUT2D eigenvalue weighted by Gasteiger charge is 2.21. The van der Waals surface area contributed by atoms with Crippen LogP contribution in [0.5, 0.6) is 0 Å². The summed E-state index contributed by atoms with van der Waals surface area (Å²) < 4.78 is 6.64. The molecule has 0 fully saturated rings. The molecule has 1 heterocycles. The van der Waals surface area contributed by atoms with E-state index >= 15 is 0 Å². The number of amides is 1. The lowest BCUT2D eigenvalue weighted by atomic mass is 10.1. The van der Waals surface area contributed by atoms with E-state index in [1.807, 2.05) is 42.7 Å². The number of aryl methyl sites for hydroxylation is 1. The van der Waals surface area contributed by atoms with Crippen LogP contribution in [0.4, 0.5) is 0 Å². The summed E-state index contributed by atoms with van der Waals surface area (Å²) in [4.78, 5) is 28.6. The molecule has 0 saturated heterocycles. The molecule has 0 saturated carbocycles. The zero-order chi connectivity index (χ0) is 16.8. The average molecular weight is 317 g/mol. The van der Waals surface area contributed by atoms with E-state index in [1.54, 1.807) is 0 Å².